The van der Waals surface area contributed by atoms with Crippen molar-refractivity contribution in [3.63, 3.8) is 0 Å². The molecule has 4 rings (SSSR count). The lowest BCUT2D eigenvalue weighted by Gasteiger charge is -2.30. The number of piperidine rings is 1. The summed E-state index contributed by atoms with van der Waals surface area (Å²) in [6.45, 7) is 3.56. The van der Waals surface area contributed by atoms with E-state index in [0.717, 1.165) is 0 Å². The highest BCUT2D eigenvalue weighted by Crippen LogP contribution is 2.27. The number of nitro groups is 1. The molecule has 37 heavy (non-hydrogen) atoms. The molecule has 2 heterocycles. The summed E-state index contributed by atoms with van der Waals surface area (Å²) in [4.78, 5) is 28.9. The summed E-state index contributed by atoms with van der Waals surface area (Å²) in [5.74, 6) is -0.460. The topological polar surface area (TPSA) is 133 Å². The number of fused-ring (bicyclic) bond motifs is 1. The number of carbonyl (C=O) groups excluding carboxylic acids is 1. The van der Waals surface area contributed by atoms with Crippen LogP contribution in [0.5, 0.6) is 5.75 Å². The lowest BCUT2D eigenvalue weighted by atomic mass is 9.99. The molecule has 1 saturated heterocycles. The standard InChI is InChI=1S/C24H28N4O7S2/c1-3-35-14-13-27-21-11-6-18(28(30)31)15-22(21)36-24(27)25-23(29)17-5-4-12-26(16-17)37(32,33)20-9-7-19(34-2)8-10-20/h6-11,15,17H,3-5,12-14,16H2,1-2H3. The lowest BCUT2D eigenvalue weighted by Crippen LogP contribution is -2.42. The predicted molar refractivity (Wildman–Crippen MR) is 138 cm³/mol. The van der Waals surface area contributed by atoms with E-state index in [4.69, 9.17) is 9.47 Å². The molecular formula is C24H28N4O7S2. The number of rotatable bonds is 9. The van der Waals surface area contributed by atoms with Crippen molar-refractivity contribution in [3.05, 3.63) is 57.4 Å². The molecule has 0 saturated carbocycles. The number of non-ortho nitro benzene ring substituents is 1. The van der Waals surface area contributed by atoms with E-state index in [1.54, 1.807) is 18.2 Å². The molecule has 198 valence electrons. The SMILES string of the molecule is CCOCCn1c(=NC(=O)C2CCCN(S(=O)(=O)c3ccc(OC)cc3)C2)sc2cc([N+](=O)[O-])ccc21. The van der Waals surface area contributed by atoms with Crippen molar-refractivity contribution in [1.82, 2.24) is 8.87 Å². The van der Waals surface area contributed by atoms with Crippen molar-refractivity contribution in [3.8, 4) is 5.75 Å². The average molecular weight is 549 g/mol. The molecule has 0 radical (unpaired) electrons. The van der Waals surface area contributed by atoms with Crippen LogP contribution in [0.1, 0.15) is 19.8 Å². The second kappa shape index (κ2) is 11.5. The van der Waals surface area contributed by atoms with Crippen LogP contribution in [0.15, 0.2) is 52.4 Å². The maximum absolute atomic E-state index is 13.2. The fraction of sp³-hybridized carbons (Fsp3) is 0.417. The Hall–Kier alpha value is -3.13. The van der Waals surface area contributed by atoms with E-state index in [1.165, 1.54) is 47.0 Å². The molecule has 3 aromatic rings. The Bertz CT molecular complexity index is 1460. The second-order valence-corrected chi connectivity index (χ2v) is 11.4. The zero-order valence-corrected chi connectivity index (χ0v) is 22.2. The van der Waals surface area contributed by atoms with Gasteiger partial charge in [-0.3, -0.25) is 14.9 Å². The van der Waals surface area contributed by atoms with Crippen molar-refractivity contribution in [2.45, 2.75) is 31.2 Å². The number of nitro benzene ring substituents is 1. The van der Waals surface area contributed by atoms with Crippen molar-refractivity contribution >= 4 is 43.2 Å². The van der Waals surface area contributed by atoms with Gasteiger partial charge in [0.2, 0.25) is 10.0 Å². The fourth-order valence-electron chi connectivity index (χ4n) is 4.22. The van der Waals surface area contributed by atoms with Gasteiger partial charge in [0.1, 0.15) is 5.75 Å². The number of nitrogens with zero attached hydrogens (tertiary/aromatic N) is 4. The third kappa shape index (κ3) is 5.90. The quantitative estimate of drug-likeness (QED) is 0.228. The molecule has 11 nitrogen and oxygen atoms in total. The highest BCUT2D eigenvalue weighted by Gasteiger charge is 2.33. The van der Waals surface area contributed by atoms with Gasteiger partial charge < -0.3 is 14.0 Å². The monoisotopic (exact) mass is 548 g/mol. The Kier molecular flexibility index (Phi) is 8.37. The Balaban J connectivity index is 1.62. The summed E-state index contributed by atoms with van der Waals surface area (Å²) >= 11 is 1.18. The van der Waals surface area contributed by atoms with Crippen LogP contribution in [0.25, 0.3) is 10.2 Å². The molecule has 0 aliphatic carbocycles. The lowest BCUT2D eigenvalue weighted by molar-refractivity contribution is -0.384. The number of hydrogen-bond donors (Lipinski definition) is 0. The van der Waals surface area contributed by atoms with Crippen LogP contribution in [-0.2, 0) is 26.1 Å². The number of thiazole rings is 1. The summed E-state index contributed by atoms with van der Waals surface area (Å²) < 4.78 is 40.7. The van der Waals surface area contributed by atoms with Crippen molar-refractivity contribution in [2.75, 3.05) is 33.4 Å². The van der Waals surface area contributed by atoms with E-state index >= 15 is 0 Å². The van der Waals surface area contributed by atoms with E-state index in [9.17, 15) is 23.3 Å². The zero-order valence-electron chi connectivity index (χ0n) is 20.5. The van der Waals surface area contributed by atoms with Crippen LogP contribution in [0.4, 0.5) is 5.69 Å². The van der Waals surface area contributed by atoms with Crippen LogP contribution in [0, 0.1) is 16.0 Å². The molecule has 0 N–H and O–H groups in total. The minimum absolute atomic E-state index is 0.0337. The first kappa shape index (κ1) is 26.9. The van der Waals surface area contributed by atoms with Gasteiger partial charge in [0, 0.05) is 38.4 Å². The zero-order chi connectivity index (χ0) is 26.6. The van der Waals surface area contributed by atoms with E-state index in [1.807, 2.05) is 11.5 Å². The average Bonchev–Trinajstić information content (AvgIpc) is 3.24. The molecule has 13 heteroatoms. The number of aromatic nitrogens is 1. The third-order valence-corrected chi connectivity index (χ3v) is 9.10. The maximum atomic E-state index is 13.2. The van der Waals surface area contributed by atoms with E-state index in [-0.39, 0.29) is 17.1 Å². The molecule has 1 aliphatic heterocycles. The van der Waals surface area contributed by atoms with Crippen LogP contribution < -0.4 is 9.54 Å². The molecule has 1 fully saturated rings. The maximum Gasteiger partial charge on any atom is 0.270 e. The number of hydrogen-bond acceptors (Lipinski definition) is 8. The summed E-state index contributed by atoms with van der Waals surface area (Å²) in [6.07, 6.45) is 1.05. The number of amides is 1. The van der Waals surface area contributed by atoms with Crippen molar-refractivity contribution in [2.24, 2.45) is 10.9 Å². The van der Waals surface area contributed by atoms with Gasteiger partial charge in [-0.25, -0.2) is 8.42 Å². The minimum Gasteiger partial charge on any atom is -0.497 e. The summed E-state index contributed by atoms with van der Waals surface area (Å²) in [5, 5.41) is 11.2. The van der Waals surface area contributed by atoms with Gasteiger partial charge in [0.05, 0.1) is 39.7 Å². The van der Waals surface area contributed by atoms with Gasteiger partial charge in [0.25, 0.3) is 11.6 Å². The van der Waals surface area contributed by atoms with Crippen LogP contribution in [-0.4, -0.2) is 61.5 Å². The highest BCUT2D eigenvalue weighted by molar-refractivity contribution is 7.89. The molecule has 1 atom stereocenters. The van der Waals surface area contributed by atoms with Gasteiger partial charge in [-0.1, -0.05) is 11.3 Å². The van der Waals surface area contributed by atoms with Crippen LogP contribution >= 0.6 is 11.3 Å². The summed E-state index contributed by atoms with van der Waals surface area (Å²) in [5.41, 5.74) is 0.671. The number of ether oxygens (including phenoxy) is 2. The van der Waals surface area contributed by atoms with Crippen LogP contribution in [0.3, 0.4) is 0 Å². The number of methoxy groups -OCH3 is 1. The van der Waals surface area contributed by atoms with E-state index < -0.39 is 26.8 Å². The van der Waals surface area contributed by atoms with Gasteiger partial charge >= 0.3 is 0 Å². The molecule has 1 aliphatic rings. The first-order chi connectivity index (χ1) is 17.7. The molecule has 2 aromatic carbocycles. The van der Waals surface area contributed by atoms with Crippen LogP contribution in [0.2, 0.25) is 0 Å². The Morgan fingerprint density at radius 3 is 2.68 bits per heavy atom. The smallest absolute Gasteiger partial charge is 0.270 e. The first-order valence-corrected chi connectivity index (χ1v) is 14.1. The molecule has 1 unspecified atom stereocenters. The Morgan fingerprint density at radius 1 is 1.24 bits per heavy atom. The minimum atomic E-state index is -3.78. The number of benzene rings is 2. The second-order valence-electron chi connectivity index (χ2n) is 8.47. The van der Waals surface area contributed by atoms with E-state index in [0.29, 0.717) is 59.9 Å². The van der Waals surface area contributed by atoms with Gasteiger partial charge in [-0.15, -0.1) is 0 Å². The van der Waals surface area contributed by atoms with Gasteiger partial charge in [0.15, 0.2) is 4.80 Å². The Morgan fingerprint density at radius 2 is 2.00 bits per heavy atom. The number of carbonyl (C=O) groups is 1. The van der Waals surface area contributed by atoms with Gasteiger partial charge in [-0.2, -0.15) is 9.30 Å². The fourth-order valence-corrected chi connectivity index (χ4v) is 6.84. The Labute approximate surface area is 218 Å². The van der Waals surface area contributed by atoms with E-state index in [2.05, 4.69) is 4.99 Å². The molecular weight excluding hydrogens is 520 g/mol. The third-order valence-electron chi connectivity index (χ3n) is 6.18. The largest absolute Gasteiger partial charge is 0.497 e. The van der Waals surface area contributed by atoms with Crippen molar-refractivity contribution in [1.29, 1.82) is 0 Å². The molecule has 1 aromatic heterocycles. The highest BCUT2D eigenvalue weighted by atomic mass is 32.2. The predicted octanol–water partition coefficient (Wildman–Crippen LogP) is 3.18. The molecule has 0 bridgehead atoms. The molecule has 1 amide bonds. The van der Waals surface area contributed by atoms with Crippen molar-refractivity contribution < 1.29 is 27.6 Å². The summed E-state index contributed by atoms with van der Waals surface area (Å²) in [6, 6.07) is 10.7. The van der Waals surface area contributed by atoms with Gasteiger partial charge in [-0.05, 0) is 50.1 Å². The first-order valence-electron chi connectivity index (χ1n) is 11.8. The molecule has 0 spiro atoms. The normalized spacial score (nSPS) is 17.2. The number of sulfonamides is 1. The summed E-state index contributed by atoms with van der Waals surface area (Å²) in [7, 11) is -2.28.